The van der Waals surface area contributed by atoms with Gasteiger partial charge < -0.3 is 19.3 Å². The first kappa shape index (κ1) is 18.4. The van der Waals surface area contributed by atoms with Gasteiger partial charge in [0.1, 0.15) is 5.75 Å². The molecule has 4 rings (SSSR count). The summed E-state index contributed by atoms with van der Waals surface area (Å²) in [5.74, 6) is 0.795. The third-order valence-electron chi connectivity index (χ3n) is 5.58. The number of nitrogens with zero attached hydrogens (tertiary/aromatic N) is 2. The van der Waals surface area contributed by atoms with E-state index in [9.17, 15) is 5.11 Å². The van der Waals surface area contributed by atoms with Crippen LogP contribution in [0, 0.1) is 0 Å². The Hall–Kier alpha value is -2.01. The molecular weight excluding hydrogens is 360 g/mol. The lowest BCUT2D eigenvalue weighted by Gasteiger charge is -2.17. The molecule has 142 valence electrons. The first-order valence-electron chi connectivity index (χ1n) is 9.37. The lowest BCUT2D eigenvalue weighted by molar-refractivity contribution is 0.157. The van der Waals surface area contributed by atoms with Crippen LogP contribution < -0.4 is 4.74 Å². The van der Waals surface area contributed by atoms with Gasteiger partial charge in [-0.2, -0.15) is 0 Å². The highest BCUT2D eigenvalue weighted by Gasteiger charge is 2.22. The Morgan fingerprint density at radius 2 is 1.85 bits per heavy atom. The summed E-state index contributed by atoms with van der Waals surface area (Å²) < 4.78 is 7.50. The van der Waals surface area contributed by atoms with Crippen molar-refractivity contribution in [2.45, 2.75) is 25.5 Å². The molecule has 1 atom stereocenters. The maximum Gasteiger partial charge on any atom is 0.118 e. The Morgan fingerprint density at radius 3 is 2.59 bits per heavy atom. The fourth-order valence-electron chi connectivity index (χ4n) is 4.04. The molecule has 27 heavy (non-hydrogen) atoms. The number of fused-ring (bicyclic) bond motifs is 3. The van der Waals surface area contributed by atoms with Crippen LogP contribution in [0.3, 0.4) is 0 Å². The van der Waals surface area contributed by atoms with Crippen LogP contribution in [0.15, 0.2) is 42.5 Å². The standard InChI is InChI=1S/C22H25ClN2O2/c1-24-11-9-18-19-13-16(23)5-8-20(19)25(21(18)10-12-24)14-22(26)15-3-6-17(27-2)7-4-15/h3-8,13,22,26H,9-12,14H2,1-2H3. The van der Waals surface area contributed by atoms with Crippen molar-refractivity contribution in [3.63, 3.8) is 0 Å². The Kier molecular flexibility index (Phi) is 5.13. The van der Waals surface area contributed by atoms with E-state index in [2.05, 4.69) is 28.6 Å². The molecule has 2 aromatic carbocycles. The number of hydrogen-bond acceptors (Lipinski definition) is 3. The third kappa shape index (κ3) is 3.57. The molecule has 0 radical (unpaired) electrons. The molecule has 0 aliphatic carbocycles. The van der Waals surface area contributed by atoms with E-state index < -0.39 is 6.10 Å². The minimum atomic E-state index is -0.577. The van der Waals surface area contributed by atoms with Gasteiger partial charge in [-0.05, 0) is 54.9 Å². The SMILES string of the molecule is COc1ccc(C(O)Cn2c3c(c4cc(Cl)ccc42)CCN(C)CC3)cc1. The zero-order valence-corrected chi connectivity index (χ0v) is 16.5. The highest BCUT2D eigenvalue weighted by molar-refractivity contribution is 6.31. The van der Waals surface area contributed by atoms with Crippen molar-refractivity contribution in [3.05, 3.63) is 64.3 Å². The second kappa shape index (κ2) is 7.55. The van der Waals surface area contributed by atoms with Crippen molar-refractivity contribution in [2.24, 2.45) is 0 Å². The van der Waals surface area contributed by atoms with E-state index in [-0.39, 0.29) is 0 Å². The predicted molar refractivity (Wildman–Crippen MR) is 110 cm³/mol. The zero-order chi connectivity index (χ0) is 19.0. The normalized spacial score (nSPS) is 16.1. The van der Waals surface area contributed by atoms with Crippen molar-refractivity contribution in [1.29, 1.82) is 0 Å². The molecule has 0 fully saturated rings. The van der Waals surface area contributed by atoms with Crippen LogP contribution in [0.4, 0.5) is 0 Å². The molecule has 0 bridgehead atoms. The number of halogens is 1. The minimum absolute atomic E-state index is 0.531. The number of likely N-dealkylation sites (N-methyl/N-ethyl adjacent to an activating group) is 1. The monoisotopic (exact) mass is 384 g/mol. The zero-order valence-electron chi connectivity index (χ0n) is 15.8. The van der Waals surface area contributed by atoms with Crippen molar-refractivity contribution in [1.82, 2.24) is 9.47 Å². The molecule has 5 heteroatoms. The van der Waals surface area contributed by atoms with Gasteiger partial charge in [0.15, 0.2) is 0 Å². The summed E-state index contributed by atoms with van der Waals surface area (Å²) in [6, 6.07) is 13.7. The molecule has 0 saturated heterocycles. The number of hydrogen-bond donors (Lipinski definition) is 1. The number of benzene rings is 2. The van der Waals surface area contributed by atoms with Crippen LogP contribution in [-0.4, -0.2) is 41.8 Å². The van der Waals surface area contributed by atoms with Gasteiger partial charge in [0.2, 0.25) is 0 Å². The molecule has 3 aromatic rings. The third-order valence-corrected chi connectivity index (χ3v) is 5.81. The Balaban J connectivity index is 1.74. The van der Waals surface area contributed by atoms with Crippen LogP contribution in [0.1, 0.15) is 22.9 Å². The summed E-state index contributed by atoms with van der Waals surface area (Å²) in [4.78, 5) is 2.36. The molecule has 1 N–H and O–H groups in total. The van der Waals surface area contributed by atoms with E-state index in [1.165, 1.54) is 16.6 Å². The molecule has 0 amide bonds. The van der Waals surface area contributed by atoms with Crippen molar-refractivity contribution in [3.8, 4) is 5.75 Å². The van der Waals surface area contributed by atoms with Crippen LogP contribution >= 0.6 is 11.6 Å². The number of aliphatic hydroxyl groups excluding tert-OH is 1. The fraction of sp³-hybridized carbons (Fsp3) is 0.364. The second-order valence-electron chi connectivity index (χ2n) is 7.29. The molecule has 1 unspecified atom stereocenters. The molecule has 0 saturated carbocycles. The Labute approximate surface area is 164 Å². The smallest absolute Gasteiger partial charge is 0.118 e. The van der Waals surface area contributed by atoms with Crippen LogP contribution in [0.5, 0.6) is 5.75 Å². The van der Waals surface area contributed by atoms with E-state index in [4.69, 9.17) is 16.3 Å². The average Bonchev–Trinajstić information content (AvgIpc) is 2.82. The van der Waals surface area contributed by atoms with Gasteiger partial charge in [-0.15, -0.1) is 0 Å². The number of aliphatic hydroxyl groups is 1. The topological polar surface area (TPSA) is 37.6 Å². The molecule has 1 aromatic heterocycles. The average molecular weight is 385 g/mol. The summed E-state index contributed by atoms with van der Waals surface area (Å²) in [6.45, 7) is 2.60. The minimum Gasteiger partial charge on any atom is -0.497 e. The van der Waals surface area contributed by atoms with Crippen molar-refractivity contribution < 1.29 is 9.84 Å². The predicted octanol–water partition coefficient (Wildman–Crippen LogP) is 4.07. The lowest BCUT2D eigenvalue weighted by atomic mass is 10.1. The first-order valence-corrected chi connectivity index (χ1v) is 9.74. The summed E-state index contributed by atoms with van der Waals surface area (Å²) in [6.07, 6.45) is 1.41. The number of aromatic nitrogens is 1. The van der Waals surface area contributed by atoms with Crippen molar-refractivity contribution in [2.75, 3.05) is 27.2 Å². The summed E-state index contributed by atoms with van der Waals surface area (Å²) in [5, 5.41) is 12.9. The van der Waals surface area contributed by atoms with Gasteiger partial charge in [-0.25, -0.2) is 0 Å². The largest absolute Gasteiger partial charge is 0.497 e. The van der Waals surface area contributed by atoms with E-state index in [1.807, 2.05) is 30.3 Å². The van der Waals surface area contributed by atoms with Gasteiger partial charge >= 0.3 is 0 Å². The van der Waals surface area contributed by atoms with Gasteiger partial charge in [0, 0.05) is 41.1 Å². The number of rotatable bonds is 4. The number of methoxy groups -OCH3 is 1. The van der Waals surface area contributed by atoms with Gasteiger partial charge in [0.05, 0.1) is 19.8 Å². The van der Waals surface area contributed by atoms with Gasteiger partial charge in [-0.3, -0.25) is 0 Å². The van der Waals surface area contributed by atoms with E-state index in [0.29, 0.717) is 6.54 Å². The maximum absolute atomic E-state index is 10.9. The van der Waals surface area contributed by atoms with E-state index in [0.717, 1.165) is 47.8 Å². The molecule has 2 heterocycles. The molecule has 1 aliphatic heterocycles. The summed E-state index contributed by atoms with van der Waals surface area (Å²) in [7, 11) is 3.81. The van der Waals surface area contributed by atoms with Gasteiger partial charge in [0.25, 0.3) is 0 Å². The molecular formula is C22H25ClN2O2. The fourth-order valence-corrected chi connectivity index (χ4v) is 4.21. The Morgan fingerprint density at radius 1 is 1.11 bits per heavy atom. The van der Waals surface area contributed by atoms with E-state index >= 15 is 0 Å². The highest BCUT2D eigenvalue weighted by atomic mass is 35.5. The first-order chi connectivity index (χ1) is 13.1. The highest BCUT2D eigenvalue weighted by Crippen LogP contribution is 2.33. The summed E-state index contributed by atoms with van der Waals surface area (Å²) in [5.41, 5.74) is 4.75. The van der Waals surface area contributed by atoms with Crippen LogP contribution in [0.2, 0.25) is 5.02 Å². The molecule has 1 aliphatic rings. The Bertz CT molecular complexity index is 949. The lowest BCUT2D eigenvalue weighted by Crippen LogP contribution is -2.21. The van der Waals surface area contributed by atoms with Crippen LogP contribution in [-0.2, 0) is 19.4 Å². The van der Waals surface area contributed by atoms with Gasteiger partial charge in [-0.1, -0.05) is 23.7 Å². The number of ether oxygens (including phenoxy) is 1. The maximum atomic E-state index is 10.9. The summed E-state index contributed by atoms with van der Waals surface area (Å²) >= 11 is 6.29. The second-order valence-corrected chi connectivity index (χ2v) is 7.73. The quantitative estimate of drug-likeness (QED) is 0.736. The van der Waals surface area contributed by atoms with Crippen LogP contribution in [0.25, 0.3) is 10.9 Å². The van der Waals surface area contributed by atoms with Crippen molar-refractivity contribution >= 4 is 22.5 Å². The molecule has 4 nitrogen and oxygen atoms in total. The van der Waals surface area contributed by atoms with E-state index in [1.54, 1.807) is 7.11 Å². The molecule has 0 spiro atoms.